The maximum atomic E-state index is 11.5. The number of H-pyrrole nitrogens is 1. The van der Waals surface area contributed by atoms with Gasteiger partial charge in [-0.15, -0.1) is 0 Å². The highest BCUT2D eigenvalue weighted by atomic mass is 16.2. The number of likely N-dealkylation sites (tertiary alicyclic amines) is 1. The van der Waals surface area contributed by atoms with Crippen LogP contribution in [0, 0.1) is 5.92 Å². The Balaban J connectivity index is 1.39. The average molecular weight is 331 g/mol. The molecule has 1 aromatic heterocycles. The van der Waals surface area contributed by atoms with Crippen LogP contribution in [0.25, 0.3) is 22.0 Å². The fourth-order valence-corrected chi connectivity index (χ4v) is 4.40. The molecule has 0 saturated carbocycles. The summed E-state index contributed by atoms with van der Waals surface area (Å²) >= 11 is 0. The van der Waals surface area contributed by atoms with E-state index in [0.717, 1.165) is 19.6 Å². The number of carbonyl (C=O) groups is 1. The van der Waals surface area contributed by atoms with Gasteiger partial charge in [0, 0.05) is 55.1 Å². The van der Waals surface area contributed by atoms with E-state index in [1.165, 1.54) is 27.6 Å². The summed E-state index contributed by atoms with van der Waals surface area (Å²) in [6, 6.07) is 17.7. The van der Waals surface area contributed by atoms with Crippen LogP contribution in [0.15, 0.2) is 54.7 Å². The molecule has 2 aliphatic heterocycles. The number of carbonyl (C=O) groups excluding carboxylic acids is 1. The Bertz CT molecular complexity index is 929. The van der Waals surface area contributed by atoms with E-state index in [4.69, 9.17) is 0 Å². The lowest BCUT2D eigenvalue weighted by Gasteiger charge is -2.17. The predicted octanol–water partition coefficient (Wildman–Crippen LogP) is 3.16. The van der Waals surface area contributed by atoms with E-state index in [-0.39, 0.29) is 5.91 Å². The van der Waals surface area contributed by atoms with Gasteiger partial charge in [-0.2, -0.15) is 0 Å². The molecule has 1 amide bonds. The third-order valence-corrected chi connectivity index (χ3v) is 5.55. The van der Waals surface area contributed by atoms with Gasteiger partial charge in [0.05, 0.1) is 0 Å². The minimum atomic E-state index is 0.219. The average Bonchev–Trinajstić information content (AvgIpc) is 3.29. The van der Waals surface area contributed by atoms with E-state index in [0.29, 0.717) is 18.4 Å². The van der Waals surface area contributed by atoms with Gasteiger partial charge >= 0.3 is 0 Å². The molecule has 4 nitrogen and oxygen atoms in total. The van der Waals surface area contributed by atoms with Gasteiger partial charge in [0.15, 0.2) is 0 Å². The molecule has 5 rings (SSSR count). The van der Waals surface area contributed by atoms with Crippen molar-refractivity contribution in [2.45, 2.75) is 19.0 Å². The summed E-state index contributed by atoms with van der Waals surface area (Å²) in [5.41, 5.74) is 5.03. The first-order valence-corrected chi connectivity index (χ1v) is 8.93. The van der Waals surface area contributed by atoms with Crippen LogP contribution >= 0.6 is 0 Å². The smallest absolute Gasteiger partial charge is 0.220 e. The molecule has 0 bridgehead atoms. The SMILES string of the molecule is O=C1C[C@H]2CN(Cc3cccc(-c4cccc5[nH]ccc45)c3)C[C@H]2N1. The Morgan fingerprint density at radius 2 is 2.00 bits per heavy atom. The lowest BCUT2D eigenvalue weighted by Crippen LogP contribution is -2.32. The highest BCUT2D eigenvalue weighted by Crippen LogP contribution is 2.30. The van der Waals surface area contributed by atoms with Gasteiger partial charge in [-0.25, -0.2) is 0 Å². The largest absolute Gasteiger partial charge is 0.361 e. The second-order valence-corrected chi connectivity index (χ2v) is 7.28. The van der Waals surface area contributed by atoms with Gasteiger partial charge in [0.2, 0.25) is 5.91 Å². The number of benzene rings is 2. The molecule has 2 saturated heterocycles. The summed E-state index contributed by atoms with van der Waals surface area (Å²) in [6.45, 7) is 2.93. The molecule has 0 unspecified atom stereocenters. The quantitative estimate of drug-likeness (QED) is 0.774. The number of aromatic nitrogens is 1. The standard InChI is InChI=1S/C21H21N3O/c25-21-10-16-12-24(13-20(16)23-21)11-14-3-1-4-15(9-14)17-5-2-6-19-18(17)7-8-22-19/h1-9,16,20,22H,10-13H2,(H,23,25)/t16-,20+/m0/s1. The molecule has 0 spiro atoms. The van der Waals surface area contributed by atoms with E-state index < -0.39 is 0 Å². The number of hydrogen-bond donors (Lipinski definition) is 2. The first-order chi connectivity index (χ1) is 12.3. The highest BCUT2D eigenvalue weighted by Gasteiger charge is 2.39. The van der Waals surface area contributed by atoms with Gasteiger partial charge in [-0.1, -0.05) is 30.3 Å². The van der Waals surface area contributed by atoms with Crippen LogP contribution in [0.3, 0.4) is 0 Å². The van der Waals surface area contributed by atoms with Crippen LogP contribution in [-0.2, 0) is 11.3 Å². The molecule has 2 aromatic carbocycles. The van der Waals surface area contributed by atoms with Crippen molar-refractivity contribution < 1.29 is 4.79 Å². The van der Waals surface area contributed by atoms with Crippen molar-refractivity contribution in [2.75, 3.05) is 13.1 Å². The summed E-state index contributed by atoms with van der Waals surface area (Å²) in [5.74, 6) is 0.709. The van der Waals surface area contributed by atoms with Crippen LogP contribution in [-0.4, -0.2) is 34.9 Å². The lowest BCUT2D eigenvalue weighted by molar-refractivity contribution is -0.119. The molecule has 2 atom stereocenters. The zero-order valence-electron chi connectivity index (χ0n) is 14.0. The summed E-state index contributed by atoms with van der Waals surface area (Å²) in [7, 11) is 0. The topological polar surface area (TPSA) is 48.1 Å². The maximum Gasteiger partial charge on any atom is 0.220 e. The second kappa shape index (κ2) is 5.74. The number of rotatable bonds is 3. The van der Waals surface area contributed by atoms with E-state index in [1.54, 1.807) is 0 Å². The summed E-state index contributed by atoms with van der Waals surface area (Å²) in [5, 5.41) is 4.36. The maximum absolute atomic E-state index is 11.5. The third-order valence-electron chi connectivity index (χ3n) is 5.55. The molecular formula is C21H21N3O. The van der Waals surface area contributed by atoms with E-state index in [2.05, 4.69) is 63.7 Å². The van der Waals surface area contributed by atoms with Crippen molar-refractivity contribution in [3.63, 3.8) is 0 Å². The molecular weight excluding hydrogens is 310 g/mol. The Kier molecular flexibility index (Phi) is 3.38. The summed E-state index contributed by atoms with van der Waals surface area (Å²) in [4.78, 5) is 17.2. The number of hydrogen-bond acceptors (Lipinski definition) is 2. The molecule has 0 aliphatic carbocycles. The molecule has 3 heterocycles. The first-order valence-electron chi connectivity index (χ1n) is 8.93. The Labute approximate surface area is 146 Å². The van der Waals surface area contributed by atoms with Crippen molar-refractivity contribution in [1.82, 2.24) is 15.2 Å². The number of amides is 1. The summed E-state index contributed by atoms with van der Waals surface area (Å²) < 4.78 is 0. The van der Waals surface area contributed by atoms with Gasteiger partial charge < -0.3 is 10.3 Å². The zero-order valence-corrected chi connectivity index (χ0v) is 14.0. The minimum Gasteiger partial charge on any atom is -0.361 e. The molecule has 2 fully saturated rings. The van der Waals surface area contributed by atoms with Gasteiger partial charge in [-0.05, 0) is 34.9 Å². The number of fused-ring (bicyclic) bond motifs is 2. The molecule has 3 aromatic rings. The first kappa shape index (κ1) is 14.7. The van der Waals surface area contributed by atoms with Crippen molar-refractivity contribution in [1.29, 1.82) is 0 Å². The Morgan fingerprint density at radius 3 is 2.92 bits per heavy atom. The van der Waals surface area contributed by atoms with Crippen molar-refractivity contribution in [3.8, 4) is 11.1 Å². The van der Waals surface area contributed by atoms with Crippen molar-refractivity contribution in [3.05, 3.63) is 60.3 Å². The van der Waals surface area contributed by atoms with Crippen molar-refractivity contribution >= 4 is 16.8 Å². The van der Waals surface area contributed by atoms with Gasteiger partial charge in [-0.3, -0.25) is 9.69 Å². The van der Waals surface area contributed by atoms with Crippen LogP contribution in [0.2, 0.25) is 0 Å². The molecule has 25 heavy (non-hydrogen) atoms. The molecule has 4 heteroatoms. The molecule has 2 N–H and O–H groups in total. The number of nitrogens with zero attached hydrogens (tertiary/aromatic N) is 1. The van der Waals surface area contributed by atoms with Crippen molar-refractivity contribution in [2.24, 2.45) is 5.92 Å². The minimum absolute atomic E-state index is 0.219. The van der Waals surface area contributed by atoms with Gasteiger partial charge in [0.1, 0.15) is 0 Å². The zero-order chi connectivity index (χ0) is 16.8. The third kappa shape index (κ3) is 2.63. The molecule has 0 radical (unpaired) electrons. The molecule has 2 aliphatic rings. The van der Waals surface area contributed by atoms with E-state index in [9.17, 15) is 4.79 Å². The van der Waals surface area contributed by atoms with Gasteiger partial charge in [0.25, 0.3) is 0 Å². The van der Waals surface area contributed by atoms with E-state index >= 15 is 0 Å². The normalized spacial score (nSPS) is 23.1. The van der Waals surface area contributed by atoms with Crippen LogP contribution in [0.4, 0.5) is 0 Å². The van der Waals surface area contributed by atoms with Crippen LogP contribution < -0.4 is 5.32 Å². The van der Waals surface area contributed by atoms with Crippen LogP contribution in [0.5, 0.6) is 0 Å². The fourth-order valence-electron chi connectivity index (χ4n) is 4.40. The monoisotopic (exact) mass is 331 g/mol. The molecule has 126 valence electrons. The second-order valence-electron chi connectivity index (χ2n) is 7.28. The fraction of sp³-hybridized carbons (Fsp3) is 0.286. The van der Waals surface area contributed by atoms with Crippen LogP contribution in [0.1, 0.15) is 12.0 Å². The lowest BCUT2D eigenvalue weighted by atomic mass is 10.00. The number of aromatic amines is 1. The Morgan fingerprint density at radius 1 is 1.08 bits per heavy atom. The Hall–Kier alpha value is -2.59. The van der Waals surface area contributed by atoms with E-state index in [1.807, 2.05) is 6.20 Å². The highest BCUT2D eigenvalue weighted by molar-refractivity contribution is 5.95. The predicted molar refractivity (Wildman–Crippen MR) is 99.0 cm³/mol. The number of nitrogens with one attached hydrogen (secondary N) is 2. The summed E-state index contributed by atoms with van der Waals surface area (Å²) in [6.07, 6.45) is 2.69.